The molecular formula is C32H47N5O5. The average Bonchev–Trinajstić information content (AvgIpc) is 3.58. The average molecular weight is 582 g/mol. The number of amides is 2. The molecule has 1 aliphatic heterocycles. The number of nitrogens with one attached hydrogen (secondary N) is 1. The van der Waals surface area contributed by atoms with Crippen LogP contribution in [0.5, 0.6) is 0 Å². The molecule has 2 aromatic carbocycles. The summed E-state index contributed by atoms with van der Waals surface area (Å²) < 4.78 is 5.88. The molecule has 10 nitrogen and oxygen atoms in total. The highest BCUT2D eigenvalue weighted by Crippen LogP contribution is 2.44. The Kier molecular flexibility index (Phi) is 11.0. The molecule has 7 N–H and O–H groups in total. The molecule has 1 aliphatic carbocycles. The van der Waals surface area contributed by atoms with E-state index in [0.29, 0.717) is 32.4 Å². The van der Waals surface area contributed by atoms with Crippen molar-refractivity contribution in [3.8, 4) is 11.1 Å². The Morgan fingerprint density at radius 2 is 1.67 bits per heavy atom. The minimum absolute atomic E-state index is 0.0111. The number of carbonyl (C=O) groups is 2. The molecule has 0 radical (unpaired) electrons. The molecular weight excluding hydrogens is 534 g/mol. The number of hydrogen-bond donors (Lipinski definition) is 5. The number of hydrogen-bond acceptors (Lipinski definition) is 8. The molecule has 230 valence electrons. The number of nitrogens with two attached hydrogens (primary N) is 2. The van der Waals surface area contributed by atoms with Gasteiger partial charge in [-0.3, -0.25) is 15.0 Å². The van der Waals surface area contributed by atoms with Crippen LogP contribution in [0.1, 0.15) is 69.9 Å². The van der Waals surface area contributed by atoms with Gasteiger partial charge < -0.3 is 31.3 Å². The van der Waals surface area contributed by atoms with Crippen LogP contribution in [0.3, 0.4) is 0 Å². The van der Waals surface area contributed by atoms with E-state index in [-0.39, 0.29) is 30.7 Å². The van der Waals surface area contributed by atoms with Crippen LogP contribution in [-0.4, -0.2) is 88.3 Å². The number of unbranched alkanes of at least 4 members (excludes halogenated alkanes) is 1. The molecule has 2 unspecified atom stereocenters. The molecule has 2 aliphatic rings. The van der Waals surface area contributed by atoms with Crippen molar-refractivity contribution in [3.63, 3.8) is 0 Å². The van der Waals surface area contributed by atoms with Crippen molar-refractivity contribution in [2.75, 3.05) is 19.7 Å². The maximum atomic E-state index is 13.2. The summed E-state index contributed by atoms with van der Waals surface area (Å²) in [6.07, 6.45) is 1.21. The predicted octanol–water partition coefficient (Wildman–Crippen LogP) is 2.71. The lowest BCUT2D eigenvalue weighted by atomic mass is 9.98. The number of ether oxygens (including phenoxy) is 1. The quantitative estimate of drug-likeness (QED) is 0.169. The Labute approximate surface area is 249 Å². The van der Waals surface area contributed by atoms with Crippen LogP contribution in [-0.2, 0) is 9.53 Å². The van der Waals surface area contributed by atoms with Crippen molar-refractivity contribution in [1.29, 1.82) is 0 Å². The summed E-state index contributed by atoms with van der Waals surface area (Å²) in [6, 6.07) is 15.0. The van der Waals surface area contributed by atoms with Crippen molar-refractivity contribution in [3.05, 3.63) is 59.7 Å². The van der Waals surface area contributed by atoms with Gasteiger partial charge in [0.15, 0.2) is 0 Å². The van der Waals surface area contributed by atoms with E-state index in [4.69, 9.17) is 16.2 Å². The highest BCUT2D eigenvalue weighted by molar-refractivity contribution is 5.79. The Hall–Kier alpha value is -3.02. The minimum Gasteiger partial charge on any atom is -0.448 e. The second kappa shape index (κ2) is 14.4. The molecule has 0 saturated carbocycles. The summed E-state index contributed by atoms with van der Waals surface area (Å²) >= 11 is 0. The van der Waals surface area contributed by atoms with Crippen molar-refractivity contribution in [2.24, 2.45) is 11.5 Å². The molecule has 1 heterocycles. The number of likely N-dealkylation sites (tertiary alicyclic amines) is 1. The van der Waals surface area contributed by atoms with Gasteiger partial charge in [0.25, 0.3) is 0 Å². The smallest absolute Gasteiger partial charge is 0.410 e. The molecule has 0 bridgehead atoms. The van der Waals surface area contributed by atoms with E-state index in [9.17, 15) is 19.8 Å². The Bertz CT molecular complexity index is 1160. The predicted molar refractivity (Wildman–Crippen MR) is 162 cm³/mol. The summed E-state index contributed by atoms with van der Waals surface area (Å²) in [6.45, 7) is 6.95. The van der Waals surface area contributed by atoms with Crippen LogP contribution >= 0.6 is 0 Å². The third kappa shape index (κ3) is 7.30. The third-order valence-electron chi connectivity index (χ3n) is 8.66. The first-order valence-corrected chi connectivity index (χ1v) is 15.1. The number of benzene rings is 2. The monoisotopic (exact) mass is 581 g/mol. The molecule has 0 spiro atoms. The summed E-state index contributed by atoms with van der Waals surface area (Å²) in [5, 5.41) is 24.4. The maximum Gasteiger partial charge on any atom is 0.410 e. The van der Waals surface area contributed by atoms with Crippen LogP contribution < -0.4 is 16.8 Å². The van der Waals surface area contributed by atoms with Gasteiger partial charge in [0.1, 0.15) is 19.1 Å². The van der Waals surface area contributed by atoms with E-state index in [2.05, 4.69) is 29.6 Å². The fourth-order valence-corrected chi connectivity index (χ4v) is 6.23. The number of fused-ring (bicyclic) bond motifs is 3. The summed E-state index contributed by atoms with van der Waals surface area (Å²) in [5.41, 5.74) is 16.4. The molecule has 1 saturated heterocycles. The van der Waals surface area contributed by atoms with Gasteiger partial charge in [0, 0.05) is 31.1 Å². The molecule has 4 rings (SSSR count). The minimum atomic E-state index is -1.01. The van der Waals surface area contributed by atoms with E-state index in [1.165, 1.54) is 22.3 Å². The number of rotatable bonds is 14. The lowest BCUT2D eigenvalue weighted by Gasteiger charge is -2.36. The van der Waals surface area contributed by atoms with Gasteiger partial charge in [-0.1, -0.05) is 48.5 Å². The largest absolute Gasteiger partial charge is 0.448 e. The molecule has 2 amide bonds. The van der Waals surface area contributed by atoms with Gasteiger partial charge in [-0.25, -0.2) is 4.79 Å². The van der Waals surface area contributed by atoms with Gasteiger partial charge in [-0.2, -0.15) is 0 Å². The van der Waals surface area contributed by atoms with Crippen molar-refractivity contribution >= 4 is 12.0 Å². The zero-order valence-electron chi connectivity index (χ0n) is 25.0. The maximum absolute atomic E-state index is 13.2. The van der Waals surface area contributed by atoms with Gasteiger partial charge in [-0.05, 0) is 75.1 Å². The SMILES string of the molecule is CC(C)N(CCCC[C@H](N)C(O)N1CCC[C@H]1C(O)N[C@H](C)C(N)=O)C(=O)OCC1c2ccccc2-c2ccccc21. The van der Waals surface area contributed by atoms with Crippen LogP contribution in [0, 0.1) is 0 Å². The fraction of sp³-hybridized carbons (Fsp3) is 0.562. The first kappa shape index (κ1) is 31.9. The van der Waals surface area contributed by atoms with Gasteiger partial charge in [0.2, 0.25) is 5.91 Å². The second-order valence-electron chi connectivity index (χ2n) is 11.8. The molecule has 2 aromatic rings. The number of aliphatic hydroxyl groups excluding tert-OH is 2. The topological polar surface area (TPSA) is 154 Å². The zero-order valence-corrected chi connectivity index (χ0v) is 25.0. The highest BCUT2D eigenvalue weighted by atomic mass is 16.6. The number of primary amides is 1. The van der Waals surface area contributed by atoms with E-state index in [1.807, 2.05) is 38.1 Å². The van der Waals surface area contributed by atoms with Gasteiger partial charge in [0.05, 0.1) is 12.1 Å². The molecule has 1 fully saturated rings. The fourth-order valence-electron chi connectivity index (χ4n) is 6.23. The Morgan fingerprint density at radius 3 is 2.26 bits per heavy atom. The van der Waals surface area contributed by atoms with Crippen LogP contribution in [0.25, 0.3) is 11.1 Å². The van der Waals surface area contributed by atoms with Crippen molar-refractivity contribution in [1.82, 2.24) is 15.1 Å². The molecule has 10 heteroatoms. The number of aliphatic hydroxyl groups is 2. The van der Waals surface area contributed by atoms with E-state index in [1.54, 1.807) is 16.7 Å². The normalized spacial score (nSPS) is 19.6. The van der Waals surface area contributed by atoms with Crippen molar-refractivity contribution < 1.29 is 24.5 Å². The standard InChI is InChI=1S/C32H47N5O5/c1-20(2)36(32(41)42-19-26-24-13-6-4-11-22(24)23-12-5-7-14-25(23)26)17-9-8-15-27(33)31(40)37-18-10-16-28(37)30(39)35-21(3)29(34)38/h4-7,11-14,20-21,26-28,30-31,35,39-40H,8-10,15-19,33H2,1-3H3,(H2,34,38)/t21-,27+,28+,30?,31?/m1/s1. The highest BCUT2D eigenvalue weighted by Gasteiger charge is 2.37. The Morgan fingerprint density at radius 1 is 1.05 bits per heavy atom. The number of carbonyl (C=O) groups excluding carboxylic acids is 2. The summed E-state index contributed by atoms with van der Waals surface area (Å²) in [5.74, 6) is -0.540. The number of nitrogens with zero attached hydrogens (tertiary/aromatic N) is 2. The van der Waals surface area contributed by atoms with Crippen molar-refractivity contribution in [2.45, 2.75) is 95.4 Å². The van der Waals surface area contributed by atoms with E-state index >= 15 is 0 Å². The summed E-state index contributed by atoms with van der Waals surface area (Å²) in [4.78, 5) is 28.1. The third-order valence-corrected chi connectivity index (χ3v) is 8.66. The lowest BCUT2D eigenvalue weighted by molar-refractivity contribution is -0.121. The molecule has 0 aromatic heterocycles. The van der Waals surface area contributed by atoms with Crippen LogP contribution in [0.2, 0.25) is 0 Å². The van der Waals surface area contributed by atoms with Crippen LogP contribution in [0.15, 0.2) is 48.5 Å². The first-order chi connectivity index (χ1) is 20.1. The lowest BCUT2D eigenvalue weighted by Crippen LogP contribution is -2.57. The zero-order chi connectivity index (χ0) is 30.4. The van der Waals surface area contributed by atoms with E-state index < -0.39 is 30.4 Å². The molecule has 42 heavy (non-hydrogen) atoms. The van der Waals surface area contributed by atoms with Crippen LogP contribution in [0.4, 0.5) is 4.79 Å². The molecule has 5 atom stereocenters. The van der Waals surface area contributed by atoms with Gasteiger partial charge in [-0.15, -0.1) is 0 Å². The summed E-state index contributed by atoms with van der Waals surface area (Å²) in [7, 11) is 0. The van der Waals surface area contributed by atoms with E-state index in [0.717, 1.165) is 12.8 Å². The van der Waals surface area contributed by atoms with Gasteiger partial charge >= 0.3 is 6.09 Å². The second-order valence-corrected chi connectivity index (χ2v) is 11.8. The first-order valence-electron chi connectivity index (χ1n) is 15.1. The Balaban J connectivity index is 1.25.